The molecule has 3 rings (SSSR count). The Morgan fingerprint density at radius 3 is 2.37 bits per heavy atom. The number of carbonyl (C=O) groups excluding carboxylic acids is 2. The van der Waals surface area contributed by atoms with Crippen molar-refractivity contribution in [2.75, 3.05) is 7.05 Å². The molecule has 0 aromatic heterocycles. The van der Waals surface area contributed by atoms with E-state index in [0.29, 0.717) is 6.54 Å². The summed E-state index contributed by atoms with van der Waals surface area (Å²) in [5.74, 6) is -0.0349. The van der Waals surface area contributed by atoms with Crippen LogP contribution in [0.2, 0.25) is 0 Å². The second-order valence-electron chi connectivity index (χ2n) is 7.01. The molecule has 0 spiro atoms. The summed E-state index contributed by atoms with van der Waals surface area (Å²) in [5, 5.41) is 0. The lowest BCUT2D eigenvalue weighted by atomic mass is 9.93. The molecular weight excluding hydrogens is 336 g/mol. The van der Waals surface area contributed by atoms with Crippen molar-refractivity contribution in [2.24, 2.45) is 0 Å². The van der Waals surface area contributed by atoms with E-state index in [1.54, 1.807) is 16.0 Å². The summed E-state index contributed by atoms with van der Waals surface area (Å²) in [5.41, 5.74) is 4.47. The van der Waals surface area contributed by atoms with E-state index in [2.05, 4.69) is 31.2 Å². The minimum absolute atomic E-state index is 0.0240. The van der Waals surface area contributed by atoms with Gasteiger partial charge in [0.05, 0.1) is 12.5 Å². The second kappa shape index (κ2) is 8.21. The maximum atomic E-state index is 12.9. The molecule has 2 aromatic carbocycles. The fraction of sp³-hybridized carbons (Fsp3) is 0.304. The number of aryl methyl sites for hydroxylation is 1. The number of nitrogens with zero attached hydrogens (tertiary/aromatic N) is 2. The van der Waals surface area contributed by atoms with Crippen molar-refractivity contribution in [3.8, 4) is 0 Å². The van der Waals surface area contributed by atoms with E-state index in [1.807, 2.05) is 37.4 Å². The Morgan fingerprint density at radius 1 is 1.04 bits per heavy atom. The SMILES string of the molecule is CCc1ccc(CN(C)C(=O)C[C@H]2c3ccccc3C=CN2C(C)=O)cc1. The highest BCUT2D eigenvalue weighted by Gasteiger charge is 2.29. The van der Waals surface area contributed by atoms with Gasteiger partial charge in [-0.05, 0) is 34.8 Å². The van der Waals surface area contributed by atoms with Crippen molar-refractivity contribution < 1.29 is 9.59 Å². The third-order valence-electron chi connectivity index (χ3n) is 5.11. The minimum Gasteiger partial charge on any atom is -0.341 e. The van der Waals surface area contributed by atoms with E-state index in [-0.39, 0.29) is 24.3 Å². The van der Waals surface area contributed by atoms with Crippen molar-refractivity contribution in [1.29, 1.82) is 0 Å². The molecule has 0 N–H and O–H groups in total. The maximum absolute atomic E-state index is 12.9. The Balaban J connectivity index is 1.74. The van der Waals surface area contributed by atoms with Gasteiger partial charge in [0.25, 0.3) is 0 Å². The fourth-order valence-electron chi connectivity index (χ4n) is 3.48. The molecule has 4 heteroatoms. The fourth-order valence-corrected chi connectivity index (χ4v) is 3.48. The molecular formula is C23H26N2O2. The van der Waals surface area contributed by atoms with Gasteiger partial charge in [0.15, 0.2) is 0 Å². The summed E-state index contributed by atoms with van der Waals surface area (Å²) in [6.07, 6.45) is 4.98. The van der Waals surface area contributed by atoms with Crippen LogP contribution in [0.3, 0.4) is 0 Å². The Kier molecular flexibility index (Phi) is 5.75. The van der Waals surface area contributed by atoms with Crippen LogP contribution in [0.5, 0.6) is 0 Å². The van der Waals surface area contributed by atoms with Gasteiger partial charge in [0.1, 0.15) is 0 Å². The maximum Gasteiger partial charge on any atom is 0.225 e. The molecule has 1 aliphatic heterocycles. The average Bonchev–Trinajstić information content (AvgIpc) is 2.68. The highest BCUT2D eigenvalue weighted by Crippen LogP contribution is 2.33. The molecule has 0 radical (unpaired) electrons. The molecule has 0 saturated carbocycles. The van der Waals surface area contributed by atoms with Crippen molar-refractivity contribution in [3.63, 3.8) is 0 Å². The summed E-state index contributed by atoms with van der Waals surface area (Å²) >= 11 is 0. The van der Waals surface area contributed by atoms with Crippen LogP contribution in [0.25, 0.3) is 6.08 Å². The van der Waals surface area contributed by atoms with Gasteiger partial charge >= 0.3 is 0 Å². The molecule has 1 aliphatic rings. The molecule has 1 heterocycles. The summed E-state index contributed by atoms with van der Waals surface area (Å²) < 4.78 is 0. The molecule has 2 aromatic rings. The number of benzene rings is 2. The lowest BCUT2D eigenvalue weighted by Gasteiger charge is -2.33. The minimum atomic E-state index is -0.263. The third kappa shape index (κ3) is 4.27. The zero-order valence-electron chi connectivity index (χ0n) is 16.2. The number of rotatable bonds is 5. The van der Waals surface area contributed by atoms with Crippen LogP contribution in [0.15, 0.2) is 54.7 Å². The average molecular weight is 362 g/mol. The first-order valence-electron chi connectivity index (χ1n) is 9.37. The normalized spacial score (nSPS) is 15.4. The van der Waals surface area contributed by atoms with Crippen molar-refractivity contribution in [2.45, 2.75) is 39.3 Å². The Morgan fingerprint density at radius 2 is 1.70 bits per heavy atom. The Labute approximate surface area is 161 Å². The molecule has 0 aliphatic carbocycles. The van der Waals surface area contributed by atoms with E-state index < -0.39 is 0 Å². The largest absolute Gasteiger partial charge is 0.341 e. The smallest absolute Gasteiger partial charge is 0.225 e. The van der Waals surface area contributed by atoms with Crippen LogP contribution >= 0.6 is 0 Å². The van der Waals surface area contributed by atoms with E-state index in [0.717, 1.165) is 23.1 Å². The summed E-state index contributed by atoms with van der Waals surface area (Å²) in [6.45, 7) is 4.23. The molecule has 27 heavy (non-hydrogen) atoms. The molecule has 2 amide bonds. The first kappa shape index (κ1) is 18.9. The van der Waals surface area contributed by atoms with Gasteiger partial charge in [-0.1, -0.05) is 55.5 Å². The predicted molar refractivity (Wildman–Crippen MR) is 108 cm³/mol. The highest BCUT2D eigenvalue weighted by atomic mass is 16.2. The monoisotopic (exact) mass is 362 g/mol. The molecule has 0 bridgehead atoms. The van der Waals surface area contributed by atoms with Gasteiger partial charge in [-0.3, -0.25) is 9.59 Å². The molecule has 1 atom stereocenters. The summed E-state index contributed by atoms with van der Waals surface area (Å²) in [4.78, 5) is 28.3. The van der Waals surface area contributed by atoms with Gasteiger partial charge < -0.3 is 9.80 Å². The van der Waals surface area contributed by atoms with Crippen LogP contribution < -0.4 is 0 Å². The number of fused-ring (bicyclic) bond motifs is 1. The zero-order chi connectivity index (χ0) is 19.4. The standard InChI is InChI=1S/C23H26N2O2/c1-4-18-9-11-19(12-10-18)16-24(3)23(27)15-22-21-8-6-5-7-20(21)13-14-25(22)17(2)26/h5-14,22H,4,15-16H2,1-3H3/t22-/m0/s1. The van der Waals surface area contributed by atoms with Crippen molar-refractivity contribution in [1.82, 2.24) is 9.80 Å². The summed E-state index contributed by atoms with van der Waals surface area (Å²) in [7, 11) is 1.82. The van der Waals surface area contributed by atoms with E-state index in [1.165, 1.54) is 12.5 Å². The number of amides is 2. The lowest BCUT2D eigenvalue weighted by Crippen LogP contribution is -2.35. The Bertz CT molecular complexity index is 855. The quantitative estimate of drug-likeness (QED) is 0.801. The highest BCUT2D eigenvalue weighted by molar-refractivity contribution is 5.81. The van der Waals surface area contributed by atoms with E-state index in [4.69, 9.17) is 0 Å². The van der Waals surface area contributed by atoms with E-state index >= 15 is 0 Å². The van der Waals surface area contributed by atoms with Gasteiger partial charge in [-0.15, -0.1) is 0 Å². The number of hydrogen-bond donors (Lipinski definition) is 0. The molecule has 4 nitrogen and oxygen atoms in total. The number of carbonyl (C=O) groups is 2. The van der Waals surface area contributed by atoms with Crippen LogP contribution in [-0.4, -0.2) is 28.7 Å². The van der Waals surface area contributed by atoms with Crippen molar-refractivity contribution in [3.05, 3.63) is 77.0 Å². The summed E-state index contributed by atoms with van der Waals surface area (Å²) in [6, 6.07) is 16.0. The van der Waals surface area contributed by atoms with E-state index in [9.17, 15) is 9.59 Å². The van der Waals surface area contributed by atoms with Gasteiger partial charge in [0.2, 0.25) is 11.8 Å². The van der Waals surface area contributed by atoms with Gasteiger partial charge in [0, 0.05) is 26.7 Å². The number of hydrogen-bond acceptors (Lipinski definition) is 2. The Hall–Kier alpha value is -2.88. The molecule has 0 saturated heterocycles. The van der Waals surface area contributed by atoms with Crippen LogP contribution in [0, 0.1) is 0 Å². The van der Waals surface area contributed by atoms with Crippen LogP contribution in [0.4, 0.5) is 0 Å². The first-order chi connectivity index (χ1) is 13.0. The molecule has 140 valence electrons. The van der Waals surface area contributed by atoms with Gasteiger partial charge in [-0.2, -0.15) is 0 Å². The molecule has 0 fully saturated rings. The zero-order valence-corrected chi connectivity index (χ0v) is 16.2. The topological polar surface area (TPSA) is 40.6 Å². The third-order valence-corrected chi connectivity index (χ3v) is 5.11. The van der Waals surface area contributed by atoms with Gasteiger partial charge in [-0.25, -0.2) is 0 Å². The lowest BCUT2D eigenvalue weighted by molar-refractivity contribution is -0.134. The molecule has 0 unspecified atom stereocenters. The van der Waals surface area contributed by atoms with Crippen LogP contribution in [-0.2, 0) is 22.6 Å². The van der Waals surface area contributed by atoms with Crippen LogP contribution in [0.1, 0.15) is 48.6 Å². The first-order valence-corrected chi connectivity index (χ1v) is 9.37. The second-order valence-corrected chi connectivity index (χ2v) is 7.01. The van der Waals surface area contributed by atoms with Crippen molar-refractivity contribution >= 4 is 17.9 Å². The predicted octanol–water partition coefficient (Wildman–Crippen LogP) is 4.17.